The molecule has 0 aliphatic heterocycles. The van der Waals surface area contributed by atoms with Gasteiger partial charge >= 0.3 is 10.4 Å². The highest BCUT2D eigenvalue weighted by atomic mass is 32.3. The molecule has 0 radical (unpaired) electrons. The van der Waals surface area contributed by atoms with E-state index in [9.17, 15) is 10.2 Å². The maximum absolute atomic E-state index is 9.26. The molecule has 0 spiro atoms. The summed E-state index contributed by atoms with van der Waals surface area (Å²) >= 11 is 0. The van der Waals surface area contributed by atoms with Crippen LogP contribution in [0.25, 0.3) is 22.3 Å². The number of aliphatic hydroxyl groups is 2. The molecule has 4 aromatic rings. The van der Waals surface area contributed by atoms with Gasteiger partial charge in [0.05, 0.1) is 24.7 Å². The zero-order valence-corrected chi connectivity index (χ0v) is 26.1. The molecule has 10 N–H and O–H groups in total. The molecule has 0 saturated heterocycles. The lowest BCUT2D eigenvalue weighted by molar-refractivity contribution is 0.244. The van der Waals surface area contributed by atoms with Crippen LogP contribution in [0.2, 0.25) is 0 Å². The highest BCUT2D eigenvalue weighted by Crippen LogP contribution is 2.34. The zero-order valence-electron chi connectivity index (χ0n) is 25.3. The molecule has 4 aromatic heterocycles. The SMILES string of the molecule is Nc1nc(NC2CC2)c2ncn([C@@H]3C=C[C@H](CO)C3)c2n1.Nc1nc(NC2CC2)c2ncn([C@@H]3C=C[C@H](CO)C3)c2n1.O=S(=O)(O)O. The summed E-state index contributed by atoms with van der Waals surface area (Å²) in [5.74, 6) is 2.37. The Morgan fingerprint density at radius 1 is 0.702 bits per heavy atom. The van der Waals surface area contributed by atoms with Crippen molar-refractivity contribution in [1.82, 2.24) is 39.0 Å². The molecular weight excluding hydrogens is 632 g/mol. The third-order valence-corrected chi connectivity index (χ3v) is 8.20. The van der Waals surface area contributed by atoms with E-state index in [-0.39, 0.29) is 49.0 Å². The Morgan fingerprint density at radius 3 is 1.40 bits per heavy atom. The fourth-order valence-electron chi connectivity index (χ4n) is 5.58. The third-order valence-electron chi connectivity index (χ3n) is 8.20. The van der Waals surface area contributed by atoms with Crippen LogP contribution in [-0.2, 0) is 10.4 Å². The third kappa shape index (κ3) is 8.11. The average molecular weight is 671 g/mol. The van der Waals surface area contributed by atoms with Crippen molar-refractivity contribution in [2.45, 2.75) is 62.7 Å². The first-order valence-corrected chi connectivity index (χ1v) is 16.7. The number of aromatic nitrogens is 8. The summed E-state index contributed by atoms with van der Waals surface area (Å²) in [7, 11) is -4.67. The molecule has 4 aliphatic carbocycles. The second-order valence-electron chi connectivity index (χ2n) is 12.1. The van der Waals surface area contributed by atoms with Gasteiger partial charge in [-0.25, -0.2) is 9.97 Å². The molecule has 0 amide bonds. The van der Waals surface area contributed by atoms with Gasteiger partial charge in [-0.2, -0.15) is 28.4 Å². The topological polar surface area (TPSA) is 278 Å². The first-order chi connectivity index (χ1) is 22.5. The molecule has 252 valence electrons. The van der Waals surface area contributed by atoms with E-state index in [1.54, 1.807) is 12.7 Å². The van der Waals surface area contributed by atoms with E-state index < -0.39 is 10.4 Å². The molecule has 4 atom stereocenters. The van der Waals surface area contributed by atoms with Crippen LogP contribution < -0.4 is 22.1 Å². The van der Waals surface area contributed by atoms with E-state index in [0.29, 0.717) is 12.1 Å². The van der Waals surface area contributed by atoms with Gasteiger partial charge in [0.1, 0.15) is 0 Å². The minimum atomic E-state index is -4.67. The van der Waals surface area contributed by atoms with Crippen LogP contribution in [0.15, 0.2) is 37.0 Å². The smallest absolute Gasteiger partial charge is 0.394 e. The molecule has 0 unspecified atom stereocenters. The predicted octanol–water partition coefficient (Wildman–Crippen LogP) is 1.53. The quantitative estimate of drug-likeness (QED) is 0.0974. The number of nitrogens with zero attached hydrogens (tertiary/aromatic N) is 8. The van der Waals surface area contributed by atoms with Crippen molar-refractivity contribution in [3.8, 4) is 0 Å². The molecule has 47 heavy (non-hydrogen) atoms. The van der Waals surface area contributed by atoms with Gasteiger partial charge < -0.3 is 41.4 Å². The molecule has 4 aliphatic rings. The van der Waals surface area contributed by atoms with Crippen molar-refractivity contribution < 1.29 is 27.7 Å². The van der Waals surface area contributed by atoms with Gasteiger partial charge in [-0.05, 0) is 38.5 Å². The predicted molar refractivity (Wildman–Crippen MR) is 174 cm³/mol. The zero-order chi connectivity index (χ0) is 33.3. The molecule has 8 rings (SSSR count). The summed E-state index contributed by atoms with van der Waals surface area (Å²) in [6.07, 6.45) is 18.2. The van der Waals surface area contributed by atoms with Crippen LogP contribution in [0.4, 0.5) is 23.5 Å². The number of allylic oxidation sites excluding steroid dienone is 2. The van der Waals surface area contributed by atoms with Gasteiger partial charge in [-0.3, -0.25) is 9.11 Å². The lowest BCUT2D eigenvalue weighted by Crippen LogP contribution is -2.10. The van der Waals surface area contributed by atoms with Crippen molar-refractivity contribution >= 4 is 56.3 Å². The Balaban J connectivity index is 0.000000144. The van der Waals surface area contributed by atoms with Crippen molar-refractivity contribution in [1.29, 1.82) is 0 Å². The Hall–Kier alpha value is -4.43. The standard InChI is InChI=1S/2C14H18N6O.H2O4S/c2*15-14-18-12(17-9-2-3-9)11-13(19-14)20(7-16-11)10-4-1-8(5-10)6-21;1-5(2,3)4/h2*1,4,7-10,21H,2-3,5-6H2,(H3,15,17,18,19);(H2,1,2,3,4)/t2*8-,10+;/m00./s1. The normalized spacial score (nSPS) is 23.4. The van der Waals surface area contributed by atoms with Crippen LogP contribution in [0, 0.1) is 11.8 Å². The van der Waals surface area contributed by atoms with Crippen molar-refractivity contribution in [3.05, 3.63) is 37.0 Å². The van der Waals surface area contributed by atoms with Gasteiger partial charge in [0.15, 0.2) is 34.0 Å². The van der Waals surface area contributed by atoms with Crippen LogP contribution in [0.5, 0.6) is 0 Å². The molecule has 2 saturated carbocycles. The monoisotopic (exact) mass is 670 g/mol. The summed E-state index contributed by atoms with van der Waals surface area (Å²) < 4.78 is 35.6. The summed E-state index contributed by atoms with van der Waals surface area (Å²) in [5.41, 5.74) is 14.7. The number of hydrogen-bond acceptors (Lipinski definition) is 14. The van der Waals surface area contributed by atoms with Crippen LogP contribution in [0.1, 0.15) is 50.6 Å². The van der Waals surface area contributed by atoms with E-state index in [0.717, 1.165) is 72.5 Å². The van der Waals surface area contributed by atoms with E-state index in [2.05, 4.69) is 52.7 Å². The van der Waals surface area contributed by atoms with Gasteiger partial charge in [0.2, 0.25) is 11.9 Å². The summed E-state index contributed by atoms with van der Waals surface area (Å²) in [6.45, 7) is 0.344. The molecule has 4 heterocycles. The van der Waals surface area contributed by atoms with E-state index in [1.165, 1.54) is 0 Å². The minimum Gasteiger partial charge on any atom is -0.396 e. The van der Waals surface area contributed by atoms with Crippen molar-refractivity contribution in [2.24, 2.45) is 11.8 Å². The second kappa shape index (κ2) is 13.4. The fraction of sp³-hybridized carbons (Fsp3) is 0.500. The van der Waals surface area contributed by atoms with Crippen LogP contribution in [0.3, 0.4) is 0 Å². The Bertz CT molecular complexity index is 1770. The number of nitrogen functional groups attached to an aromatic ring is 2. The minimum absolute atomic E-state index is 0.162. The molecule has 0 aromatic carbocycles. The number of nitrogens with two attached hydrogens (primary N) is 2. The largest absolute Gasteiger partial charge is 0.396 e. The van der Waals surface area contributed by atoms with Gasteiger partial charge in [0.25, 0.3) is 0 Å². The average Bonchev–Trinajstić information content (AvgIpc) is 3.73. The van der Waals surface area contributed by atoms with Crippen LogP contribution in [-0.4, -0.2) is 92.1 Å². The number of aliphatic hydroxyl groups excluding tert-OH is 2. The Kier molecular flexibility index (Phi) is 9.24. The van der Waals surface area contributed by atoms with Gasteiger partial charge in [0, 0.05) is 37.1 Å². The Labute approximate surface area is 269 Å². The van der Waals surface area contributed by atoms with Crippen LogP contribution >= 0.6 is 0 Å². The number of hydrogen-bond donors (Lipinski definition) is 8. The number of anilines is 4. The first-order valence-electron chi connectivity index (χ1n) is 15.3. The van der Waals surface area contributed by atoms with E-state index >= 15 is 0 Å². The van der Waals surface area contributed by atoms with Gasteiger partial charge in [-0.15, -0.1) is 0 Å². The summed E-state index contributed by atoms with van der Waals surface area (Å²) in [6, 6.07) is 1.29. The Morgan fingerprint density at radius 2 is 1.09 bits per heavy atom. The number of imidazole rings is 2. The highest BCUT2D eigenvalue weighted by molar-refractivity contribution is 7.79. The summed E-state index contributed by atoms with van der Waals surface area (Å²) in [5, 5.41) is 25.2. The van der Waals surface area contributed by atoms with E-state index in [1.807, 2.05) is 21.3 Å². The molecule has 2 fully saturated rings. The maximum Gasteiger partial charge on any atom is 0.394 e. The lowest BCUT2D eigenvalue weighted by Gasteiger charge is -2.13. The maximum atomic E-state index is 9.26. The van der Waals surface area contributed by atoms with Crippen molar-refractivity contribution in [3.63, 3.8) is 0 Å². The molecule has 19 heteroatoms. The second-order valence-corrected chi connectivity index (χ2v) is 13.0. The number of nitrogens with one attached hydrogen (secondary N) is 2. The molecular formula is C28H38N12O6S. The highest BCUT2D eigenvalue weighted by Gasteiger charge is 2.27. The summed E-state index contributed by atoms with van der Waals surface area (Å²) in [4.78, 5) is 26.2. The van der Waals surface area contributed by atoms with Crippen molar-refractivity contribution in [2.75, 3.05) is 35.3 Å². The number of rotatable bonds is 8. The van der Waals surface area contributed by atoms with Gasteiger partial charge in [-0.1, -0.05) is 24.3 Å². The fourth-order valence-corrected chi connectivity index (χ4v) is 5.58. The number of fused-ring (bicyclic) bond motifs is 2. The van der Waals surface area contributed by atoms with E-state index in [4.69, 9.17) is 29.0 Å². The first kappa shape index (κ1) is 32.5. The lowest BCUT2D eigenvalue weighted by atomic mass is 10.1. The molecule has 0 bridgehead atoms. The molecule has 18 nitrogen and oxygen atoms in total.